The van der Waals surface area contributed by atoms with Gasteiger partial charge in [-0.3, -0.25) is 9.59 Å². The Labute approximate surface area is 261 Å². The molecule has 42 heavy (non-hydrogen) atoms. The first-order valence-electron chi connectivity index (χ1n) is 15.6. The zero-order chi connectivity index (χ0) is 33.1. The molecule has 4 unspecified atom stereocenters. The second-order valence-corrected chi connectivity index (χ2v) is 10.2. The van der Waals surface area contributed by atoms with E-state index in [1.165, 1.54) is 24.9 Å². The summed E-state index contributed by atoms with van der Waals surface area (Å²) >= 11 is 1.35. The fourth-order valence-corrected chi connectivity index (χ4v) is 4.35. The summed E-state index contributed by atoms with van der Waals surface area (Å²) in [5, 5.41) is 5.42. The van der Waals surface area contributed by atoms with Gasteiger partial charge >= 0.3 is 5.97 Å². The van der Waals surface area contributed by atoms with Crippen LogP contribution in [-0.4, -0.2) is 42.8 Å². The van der Waals surface area contributed by atoms with Crippen molar-refractivity contribution in [1.29, 1.82) is 0 Å². The van der Waals surface area contributed by atoms with Gasteiger partial charge in [-0.05, 0) is 30.7 Å². The number of methoxy groups -OCH3 is 1. The highest BCUT2D eigenvalue weighted by atomic mass is 32.1. The van der Waals surface area contributed by atoms with E-state index >= 15 is 0 Å². The Balaban J connectivity index is -0.00000152. The molecule has 2 rings (SSSR count). The molecule has 1 aromatic heterocycles. The third kappa shape index (κ3) is 19.0. The van der Waals surface area contributed by atoms with E-state index in [-0.39, 0.29) is 48.6 Å². The number of hydrogen-bond acceptors (Lipinski definition) is 8. The van der Waals surface area contributed by atoms with E-state index < -0.39 is 0 Å². The lowest BCUT2D eigenvalue weighted by Crippen LogP contribution is -2.39. The number of carbonyl (C=O) groups excluding carboxylic acids is 2. The minimum absolute atomic E-state index is 0.0428. The molecular weight excluding hydrogens is 548 g/mol. The lowest BCUT2D eigenvalue weighted by atomic mass is 9.96. The van der Waals surface area contributed by atoms with Crippen molar-refractivity contribution in [1.82, 2.24) is 10.3 Å². The van der Waals surface area contributed by atoms with E-state index in [4.69, 9.17) is 20.9 Å². The molecule has 0 spiro atoms. The number of esters is 1. The zero-order valence-electron chi connectivity index (χ0n) is 28.5. The summed E-state index contributed by atoms with van der Waals surface area (Å²) < 4.78 is 10.5. The van der Waals surface area contributed by atoms with E-state index in [2.05, 4.69) is 24.1 Å². The lowest BCUT2D eigenvalue weighted by molar-refractivity contribution is -0.145. The average molecular weight is 611 g/mol. The third-order valence-corrected chi connectivity index (χ3v) is 6.51. The fraction of sp³-hybridized carbons (Fsp3) is 0.667. The van der Waals surface area contributed by atoms with Crippen LogP contribution in [-0.2, 0) is 20.7 Å². The van der Waals surface area contributed by atoms with Crippen LogP contribution in [0.2, 0.25) is 0 Å². The molecule has 0 bridgehead atoms. The largest absolute Gasteiger partial charge is 0.469 e. The maximum atomic E-state index is 13.0. The van der Waals surface area contributed by atoms with Gasteiger partial charge in [-0.1, -0.05) is 113 Å². The van der Waals surface area contributed by atoms with Gasteiger partial charge in [0, 0.05) is 17.5 Å². The van der Waals surface area contributed by atoms with Crippen LogP contribution < -0.4 is 16.8 Å². The molecule has 1 heterocycles. The molecule has 244 valence electrons. The first kappa shape index (κ1) is 44.1. The maximum absolute atomic E-state index is 13.0. The Morgan fingerprint density at radius 1 is 0.976 bits per heavy atom. The van der Waals surface area contributed by atoms with Crippen molar-refractivity contribution in [2.75, 3.05) is 13.8 Å². The van der Waals surface area contributed by atoms with Crippen LogP contribution in [0, 0.1) is 11.8 Å². The van der Waals surface area contributed by atoms with E-state index in [1.807, 2.05) is 85.7 Å². The number of nitrogens with one attached hydrogen (secondary N) is 1. The Morgan fingerprint density at radius 2 is 1.52 bits per heavy atom. The van der Waals surface area contributed by atoms with Gasteiger partial charge in [-0.25, -0.2) is 4.98 Å². The number of benzene rings is 1. The van der Waals surface area contributed by atoms with Crippen LogP contribution in [0.4, 0.5) is 0 Å². The summed E-state index contributed by atoms with van der Waals surface area (Å²) in [7, 11) is 1.37. The number of carbonyl (C=O) groups is 2. The smallest absolute Gasteiger partial charge is 0.308 e. The summed E-state index contributed by atoms with van der Waals surface area (Å²) in [6, 6.07) is 9.50. The Morgan fingerprint density at radius 3 is 2.00 bits per heavy atom. The lowest BCUT2D eigenvalue weighted by Gasteiger charge is -2.22. The number of thiazole rings is 1. The summed E-state index contributed by atoms with van der Waals surface area (Å²) in [6.45, 7) is 22.2. The van der Waals surface area contributed by atoms with Gasteiger partial charge in [0.25, 0.3) is 5.91 Å². The van der Waals surface area contributed by atoms with Crippen LogP contribution in [0.3, 0.4) is 0 Å². The Bertz CT molecular complexity index is 893. The van der Waals surface area contributed by atoms with Crippen molar-refractivity contribution in [3.63, 3.8) is 0 Å². The van der Waals surface area contributed by atoms with Crippen LogP contribution in [0.15, 0.2) is 35.7 Å². The number of ether oxygens (including phenoxy) is 2. The Kier molecular flexibility index (Phi) is 30.2. The number of nitrogens with two attached hydrogens (primary N) is 2. The number of amides is 1. The monoisotopic (exact) mass is 610 g/mol. The third-order valence-electron chi connectivity index (χ3n) is 5.57. The molecule has 4 atom stereocenters. The van der Waals surface area contributed by atoms with E-state index in [0.29, 0.717) is 30.0 Å². The molecule has 1 aromatic carbocycles. The quantitative estimate of drug-likeness (QED) is 0.158. The summed E-state index contributed by atoms with van der Waals surface area (Å²) in [5.74, 6) is -0.668. The summed E-state index contributed by atoms with van der Waals surface area (Å²) in [6.07, 6.45) is 2.49. The molecule has 0 radical (unpaired) electrons. The summed E-state index contributed by atoms with van der Waals surface area (Å²) in [5.41, 5.74) is 13.2. The van der Waals surface area contributed by atoms with Gasteiger partial charge in [0.15, 0.2) is 0 Å². The van der Waals surface area contributed by atoms with Crippen LogP contribution in [0.1, 0.15) is 123 Å². The molecule has 8 nitrogen and oxygen atoms in total. The molecule has 0 aliphatic heterocycles. The highest BCUT2D eigenvalue weighted by molar-refractivity contribution is 7.09. The molecule has 0 fully saturated rings. The molecule has 9 heteroatoms. The molecule has 0 aliphatic rings. The van der Waals surface area contributed by atoms with Crippen LogP contribution in [0.25, 0.3) is 0 Å². The van der Waals surface area contributed by atoms with Gasteiger partial charge in [0.1, 0.15) is 16.8 Å². The van der Waals surface area contributed by atoms with Crippen molar-refractivity contribution in [2.45, 2.75) is 120 Å². The SMILES string of the molecule is CC.CC.CC.CCC.COC(=O)C(C)CC(Cc1ccccc1)NC(=O)c1csc(C(CC(N)C(C)C)OCN)n1. The van der Waals surface area contributed by atoms with Gasteiger partial charge in [-0.15, -0.1) is 11.3 Å². The molecule has 0 aliphatic carbocycles. The second-order valence-electron chi connectivity index (χ2n) is 9.26. The first-order chi connectivity index (χ1) is 20.2. The molecule has 5 N–H and O–H groups in total. The van der Waals surface area contributed by atoms with Crippen molar-refractivity contribution in [3.8, 4) is 0 Å². The van der Waals surface area contributed by atoms with Gasteiger partial charge in [0.05, 0.1) is 19.8 Å². The predicted molar refractivity (Wildman–Crippen MR) is 180 cm³/mol. The minimum Gasteiger partial charge on any atom is -0.469 e. The fourth-order valence-electron chi connectivity index (χ4n) is 3.49. The molecule has 0 saturated carbocycles. The average Bonchev–Trinajstić information content (AvgIpc) is 3.51. The van der Waals surface area contributed by atoms with Crippen molar-refractivity contribution < 1.29 is 19.1 Å². The number of nitrogens with zero attached hydrogens (tertiary/aromatic N) is 1. The molecular formula is C33H62N4O4S. The zero-order valence-corrected chi connectivity index (χ0v) is 29.3. The predicted octanol–water partition coefficient (Wildman–Crippen LogP) is 7.53. The van der Waals surface area contributed by atoms with Crippen molar-refractivity contribution in [3.05, 3.63) is 52.0 Å². The second kappa shape index (κ2) is 28.8. The van der Waals surface area contributed by atoms with Crippen molar-refractivity contribution in [2.24, 2.45) is 23.3 Å². The number of hydrogen-bond donors (Lipinski definition) is 3. The molecule has 1 amide bonds. The minimum atomic E-state index is -0.363. The molecule has 0 saturated heterocycles. The maximum Gasteiger partial charge on any atom is 0.308 e. The van der Waals surface area contributed by atoms with Gasteiger partial charge < -0.3 is 26.3 Å². The highest BCUT2D eigenvalue weighted by Gasteiger charge is 2.25. The van der Waals surface area contributed by atoms with Crippen LogP contribution >= 0.6 is 11.3 Å². The van der Waals surface area contributed by atoms with Gasteiger partial charge in [-0.2, -0.15) is 0 Å². The first-order valence-corrected chi connectivity index (χ1v) is 16.5. The Hall–Kier alpha value is -2.33. The van der Waals surface area contributed by atoms with Gasteiger partial charge in [0.2, 0.25) is 0 Å². The van der Waals surface area contributed by atoms with Crippen molar-refractivity contribution >= 4 is 23.2 Å². The van der Waals surface area contributed by atoms with Crippen LogP contribution in [0.5, 0.6) is 0 Å². The molecule has 2 aromatic rings. The standard InChI is InChI=1S/C24H36N4O4S.C3H8.3C2H6/c1-15(2)19(26)12-21(32-14-25)23-28-20(13-33-23)22(29)27-18(10-16(3)24(30)31-4)11-17-8-6-5-7-9-17;1-3-2;3*1-2/h5-9,13,15-16,18-19,21H,10-12,14,25-26H2,1-4H3,(H,27,29);3H2,1-2H3;3*1-2H3. The number of aromatic nitrogens is 1. The highest BCUT2D eigenvalue weighted by Crippen LogP contribution is 2.27. The van der Waals surface area contributed by atoms with E-state index in [1.54, 1.807) is 12.3 Å². The van der Waals surface area contributed by atoms with E-state index in [0.717, 1.165) is 5.56 Å². The summed E-state index contributed by atoms with van der Waals surface area (Å²) in [4.78, 5) is 29.5. The topological polar surface area (TPSA) is 130 Å². The normalized spacial score (nSPS) is 12.6. The number of rotatable bonds is 13. The van der Waals surface area contributed by atoms with E-state index in [9.17, 15) is 9.59 Å².